The van der Waals surface area contributed by atoms with Gasteiger partial charge in [0.25, 0.3) is 0 Å². The lowest BCUT2D eigenvalue weighted by atomic mass is 9.57. The molecule has 5 aliphatic rings. The summed E-state index contributed by atoms with van der Waals surface area (Å²) in [5, 5.41) is 0. The SMILES string of the molecule is CC12CC34CC1CC(O2)C3CC(=O)C=C4c1ccccc1. The minimum Gasteiger partial charge on any atom is -0.371 e. The molecule has 3 aliphatic carbocycles. The molecule has 2 saturated heterocycles. The maximum Gasteiger partial charge on any atom is 0.156 e. The normalized spacial score (nSPS) is 46.6. The highest BCUT2D eigenvalue weighted by Crippen LogP contribution is 2.71. The van der Waals surface area contributed by atoms with Gasteiger partial charge in [0, 0.05) is 17.8 Å². The smallest absolute Gasteiger partial charge is 0.156 e. The summed E-state index contributed by atoms with van der Waals surface area (Å²) in [4.78, 5) is 12.3. The van der Waals surface area contributed by atoms with Crippen molar-refractivity contribution in [2.24, 2.45) is 17.3 Å². The third kappa shape index (κ3) is 1.39. The van der Waals surface area contributed by atoms with E-state index in [0.717, 1.165) is 12.8 Å². The predicted octanol–water partition coefficient (Wildman–Crippen LogP) is 3.62. The van der Waals surface area contributed by atoms with Gasteiger partial charge in [0.1, 0.15) is 0 Å². The number of rotatable bonds is 1. The average molecular weight is 280 g/mol. The highest BCUT2D eigenvalue weighted by atomic mass is 16.5. The Morgan fingerprint density at radius 2 is 2.05 bits per heavy atom. The van der Waals surface area contributed by atoms with E-state index in [0.29, 0.717) is 24.4 Å². The zero-order valence-electron chi connectivity index (χ0n) is 12.3. The van der Waals surface area contributed by atoms with E-state index in [9.17, 15) is 4.79 Å². The lowest BCUT2D eigenvalue weighted by Gasteiger charge is -2.50. The Morgan fingerprint density at radius 1 is 1.24 bits per heavy atom. The molecule has 0 amide bonds. The van der Waals surface area contributed by atoms with Gasteiger partial charge in [0.2, 0.25) is 0 Å². The van der Waals surface area contributed by atoms with Gasteiger partial charge < -0.3 is 4.74 Å². The summed E-state index contributed by atoms with van der Waals surface area (Å²) in [6.45, 7) is 2.29. The molecule has 108 valence electrons. The molecular weight excluding hydrogens is 260 g/mol. The highest BCUT2D eigenvalue weighted by molar-refractivity contribution is 6.00. The van der Waals surface area contributed by atoms with Crippen molar-refractivity contribution in [1.29, 1.82) is 0 Å². The molecule has 2 heteroatoms. The molecule has 5 unspecified atom stereocenters. The molecule has 0 aromatic heterocycles. The summed E-state index contributed by atoms with van der Waals surface area (Å²) in [6.07, 6.45) is 6.40. The van der Waals surface area contributed by atoms with Crippen LogP contribution in [0.5, 0.6) is 0 Å². The van der Waals surface area contributed by atoms with Crippen LogP contribution in [0, 0.1) is 17.3 Å². The lowest BCUT2D eigenvalue weighted by molar-refractivity contribution is -0.135. The number of benzene rings is 1. The molecule has 0 N–H and O–H groups in total. The molecule has 2 aliphatic heterocycles. The minimum absolute atomic E-state index is 0.0510. The number of hydrogen-bond donors (Lipinski definition) is 0. The Bertz CT molecular complexity index is 661. The topological polar surface area (TPSA) is 26.3 Å². The van der Waals surface area contributed by atoms with Crippen molar-refractivity contribution in [2.45, 2.75) is 44.3 Å². The van der Waals surface area contributed by atoms with Gasteiger partial charge in [-0.15, -0.1) is 0 Å². The Labute approximate surface area is 125 Å². The van der Waals surface area contributed by atoms with Gasteiger partial charge in [0.15, 0.2) is 5.78 Å². The van der Waals surface area contributed by atoms with E-state index in [1.807, 2.05) is 12.1 Å². The van der Waals surface area contributed by atoms with Crippen molar-refractivity contribution in [3.8, 4) is 0 Å². The van der Waals surface area contributed by atoms with E-state index in [-0.39, 0.29) is 16.8 Å². The molecule has 0 radical (unpaired) electrons. The first-order chi connectivity index (χ1) is 10.1. The quantitative estimate of drug-likeness (QED) is 0.785. The van der Waals surface area contributed by atoms with Gasteiger partial charge in [-0.2, -0.15) is 0 Å². The molecule has 1 spiro atoms. The molecule has 1 aromatic rings. The van der Waals surface area contributed by atoms with E-state index >= 15 is 0 Å². The van der Waals surface area contributed by atoms with Crippen LogP contribution in [0.3, 0.4) is 0 Å². The fourth-order valence-corrected chi connectivity index (χ4v) is 5.83. The Balaban J connectivity index is 1.70. The average Bonchev–Trinajstić information content (AvgIpc) is 2.85. The van der Waals surface area contributed by atoms with Crippen LogP contribution in [-0.4, -0.2) is 17.5 Å². The number of hydrogen-bond acceptors (Lipinski definition) is 2. The summed E-state index contributed by atoms with van der Waals surface area (Å²) in [6, 6.07) is 10.5. The van der Waals surface area contributed by atoms with E-state index in [2.05, 4.69) is 31.2 Å². The third-order valence-electron chi connectivity index (χ3n) is 6.58. The van der Waals surface area contributed by atoms with Crippen LogP contribution in [0.25, 0.3) is 5.57 Å². The Morgan fingerprint density at radius 3 is 2.81 bits per heavy atom. The lowest BCUT2D eigenvalue weighted by Crippen LogP contribution is -2.48. The molecular formula is C19H20O2. The third-order valence-corrected chi connectivity index (χ3v) is 6.58. The van der Waals surface area contributed by atoms with Crippen molar-refractivity contribution in [3.05, 3.63) is 42.0 Å². The van der Waals surface area contributed by atoms with Gasteiger partial charge in [-0.25, -0.2) is 0 Å². The molecule has 4 bridgehead atoms. The second-order valence-corrected chi connectivity index (χ2v) is 7.64. The first-order valence-electron chi connectivity index (χ1n) is 8.09. The largest absolute Gasteiger partial charge is 0.371 e. The van der Waals surface area contributed by atoms with Gasteiger partial charge in [-0.1, -0.05) is 30.3 Å². The fraction of sp³-hybridized carbons (Fsp3) is 0.526. The fourth-order valence-electron chi connectivity index (χ4n) is 5.83. The molecule has 2 heterocycles. The molecule has 2 saturated carbocycles. The summed E-state index contributed by atoms with van der Waals surface area (Å²) in [5.41, 5.74) is 2.78. The van der Waals surface area contributed by atoms with E-state index in [4.69, 9.17) is 4.74 Å². The summed E-state index contributed by atoms with van der Waals surface area (Å²) >= 11 is 0. The van der Waals surface area contributed by atoms with Crippen molar-refractivity contribution in [2.75, 3.05) is 0 Å². The number of carbonyl (C=O) groups is 1. The Kier molecular flexibility index (Phi) is 2.13. The van der Waals surface area contributed by atoms with Crippen molar-refractivity contribution in [1.82, 2.24) is 0 Å². The maximum atomic E-state index is 12.3. The van der Waals surface area contributed by atoms with E-state index in [1.54, 1.807) is 0 Å². The zero-order chi connectivity index (χ0) is 14.2. The summed E-state index contributed by atoms with van der Waals surface area (Å²) < 4.78 is 6.36. The number of carbonyl (C=O) groups excluding carboxylic acids is 1. The standard InChI is InChI=1S/C19H20O2/c1-18-11-19-10-13(18)7-17(21-18)16(19)9-14(20)8-15(19)12-5-3-2-4-6-12/h2-6,8,13,16-17H,7,9-11H2,1H3. The molecule has 21 heavy (non-hydrogen) atoms. The van der Waals surface area contributed by atoms with Crippen molar-refractivity contribution < 1.29 is 9.53 Å². The molecule has 2 nitrogen and oxygen atoms in total. The van der Waals surface area contributed by atoms with Crippen LogP contribution >= 0.6 is 0 Å². The first-order valence-corrected chi connectivity index (χ1v) is 8.09. The zero-order valence-corrected chi connectivity index (χ0v) is 12.3. The van der Waals surface area contributed by atoms with E-state index < -0.39 is 0 Å². The van der Waals surface area contributed by atoms with Crippen molar-refractivity contribution in [3.63, 3.8) is 0 Å². The highest BCUT2D eigenvalue weighted by Gasteiger charge is 2.69. The number of ketones is 1. The van der Waals surface area contributed by atoms with Crippen LogP contribution in [-0.2, 0) is 9.53 Å². The minimum atomic E-state index is 0.0510. The molecule has 4 fully saturated rings. The van der Waals surface area contributed by atoms with E-state index in [1.165, 1.54) is 17.6 Å². The van der Waals surface area contributed by atoms with Crippen LogP contribution in [0.1, 0.15) is 38.2 Å². The summed E-state index contributed by atoms with van der Waals surface area (Å²) in [5.74, 6) is 1.36. The molecule has 1 aromatic carbocycles. The number of allylic oxidation sites excluding steroid dienone is 2. The van der Waals surface area contributed by atoms with Gasteiger partial charge in [0.05, 0.1) is 11.7 Å². The first kappa shape index (κ1) is 12.2. The van der Waals surface area contributed by atoms with Crippen LogP contribution < -0.4 is 0 Å². The van der Waals surface area contributed by atoms with Crippen LogP contribution in [0.2, 0.25) is 0 Å². The second-order valence-electron chi connectivity index (χ2n) is 7.64. The summed E-state index contributed by atoms with van der Waals surface area (Å²) in [7, 11) is 0. The van der Waals surface area contributed by atoms with Gasteiger partial charge in [-0.05, 0) is 49.3 Å². The van der Waals surface area contributed by atoms with Crippen LogP contribution in [0.4, 0.5) is 0 Å². The number of ether oxygens (including phenoxy) is 1. The van der Waals surface area contributed by atoms with Crippen LogP contribution in [0.15, 0.2) is 36.4 Å². The molecule has 5 atom stereocenters. The van der Waals surface area contributed by atoms with Gasteiger partial charge >= 0.3 is 0 Å². The van der Waals surface area contributed by atoms with Crippen molar-refractivity contribution >= 4 is 11.4 Å². The maximum absolute atomic E-state index is 12.3. The second kappa shape index (κ2) is 3.67. The molecule has 6 rings (SSSR count). The monoisotopic (exact) mass is 280 g/mol. The predicted molar refractivity (Wildman–Crippen MR) is 80.6 cm³/mol. The van der Waals surface area contributed by atoms with Gasteiger partial charge in [-0.3, -0.25) is 4.79 Å². The Hall–Kier alpha value is -1.41.